The van der Waals surface area contributed by atoms with Gasteiger partial charge in [-0.2, -0.15) is 0 Å². The van der Waals surface area contributed by atoms with E-state index in [1.54, 1.807) is 0 Å². The second-order valence-electron chi connectivity index (χ2n) is 10.2. The number of benzene rings is 3. The lowest BCUT2D eigenvalue weighted by atomic mass is 9.89. The van der Waals surface area contributed by atoms with Crippen molar-refractivity contribution < 1.29 is 4.79 Å². The zero-order valence-corrected chi connectivity index (χ0v) is 21.0. The molecule has 1 aliphatic rings. The Balaban J connectivity index is 1.23. The predicted octanol–water partition coefficient (Wildman–Crippen LogP) is 7.12. The van der Waals surface area contributed by atoms with Crippen LogP contribution in [0.4, 0.5) is 5.69 Å². The van der Waals surface area contributed by atoms with E-state index in [-0.39, 0.29) is 11.8 Å². The van der Waals surface area contributed by atoms with Gasteiger partial charge in [-0.05, 0) is 84.8 Å². The van der Waals surface area contributed by atoms with E-state index in [1.165, 1.54) is 38.7 Å². The van der Waals surface area contributed by atoms with Crippen LogP contribution < -0.4 is 5.32 Å². The summed E-state index contributed by atoms with van der Waals surface area (Å²) in [5, 5.41) is 4.36. The van der Waals surface area contributed by atoms with Gasteiger partial charge in [0.05, 0.1) is 0 Å². The molecular weight excluding hydrogens is 430 g/mol. The van der Waals surface area contributed by atoms with Crippen LogP contribution in [0.5, 0.6) is 0 Å². The maximum atomic E-state index is 12.1. The monoisotopic (exact) mass is 465 g/mol. The molecule has 4 heteroatoms. The number of hydrogen-bond acceptors (Lipinski definition) is 2. The minimum atomic E-state index is -0.0135. The second kappa shape index (κ2) is 10.1. The smallest absolute Gasteiger partial charge is 0.226 e. The van der Waals surface area contributed by atoms with Crippen LogP contribution in [0.3, 0.4) is 0 Å². The van der Waals surface area contributed by atoms with Crippen LogP contribution in [0.2, 0.25) is 0 Å². The molecule has 1 saturated heterocycles. The highest BCUT2D eigenvalue weighted by molar-refractivity contribution is 5.92. The van der Waals surface area contributed by atoms with Crippen LogP contribution in [0, 0.1) is 12.8 Å². The number of piperidine rings is 1. The minimum Gasteiger partial charge on any atom is -0.361 e. The number of hydrogen-bond donors (Lipinski definition) is 2. The van der Waals surface area contributed by atoms with Crippen LogP contribution in [0.1, 0.15) is 49.3 Å². The number of aromatic amines is 1. The Labute approximate surface area is 208 Å². The molecule has 1 aromatic heterocycles. The number of rotatable bonds is 6. The molecule has 1 aliphatic heterocycles. The van der Waals surface area contributed by atoms with Crippen molar-refractivity contribution in [2.75, 3.05) is 18.4 Å². The van der Waals surface area contributed by atoms with Gasteiger partial charge >= 0.3 is 0 Å². The quantitative estimate of drug-likeness (QED) is 0.318. The maximum absolute atomic E-state index is 12.1. The van der Waals surface area contributed by atoms with Gasteiger partial charge in [0.25, 0.3) is 0 Å². The minimum absolute atomic E-state index is 0.0135. The Morgan fingerprint density at radius 2 is 1.83 bits per heavy atom. The molecule has 3 aromatic carbocycles. The normalized spacial score (nSPS) is 15.1. The largest absolute Gasteiger partial charge is 0.361 e. The fourth-order valence-corrected chi connectivity index (χ4v) is 5.20. The van der Waals surface area contributed by atoms with Crippen molar-refractivity contribution in [2.45, 2.75) is 46.1 Å². The van der Waals surface area contributed by atoms with E-state index in [9.17, 15) is 4.79 Å². The number of H-pyrrole nitrogens is 1. The predicted molar refractivity (Wildman–Crippen MR) is 146 cm³/mol. The first-order valence-electron chi connectivity index (χ1n) is 12.8. The molecule has 0 radical (unpaired) electrons. The zero-order chi connectivity index (χ0) is 24.4. The number of amides is 1. The zero-order valence-electron chi connectivity index (χ0n) is 21.0. The van der Waals surface area contributed by atoms with Gasteiger partial charge in [0.1, 0.15) is 0 Å². The Morgan fingerprint density at radius 1 is 1.03 bits per heavy atom. The Morgan fingerprint density at radius 3 is 2.60 bits per heavy atom. The summed E-state index contributed by atoms with van der Waals surface area (Å²) in [6.45, 7) is 9.15. The lowest BCUT2D eigenvalue weighted by Gasteiger charge is -2.32. The summed E-state index contributed by atoms with van der Waals surface area (Å²) in [5.41, 5.74) is 8.67. The number of nitrogens with one attached hydrogen (secondary N) is 2. The van der Waals surface area contributed by atoms with Gasteiger partial charge in [-0.3, -0.25) is 9.69 Å². The lowest BCUT2D eigenvalue weighted by molar-refractivity contribution is -0.118. The van der Waals surface area contributed by atoms with E-state index in [0.29, 0.717) is 5.92 Å². The molecule has 5 rings (SSSR count). The highest BCUT2D eigenvalue weighted by Gasteiger charge is 2.22. The van der Waals surface area contributed by atoms with E-state index in [2.05, 4.69) is 89.0 Å². The van der Waals surface area contributed by atoms with Crippen LogP contribution in [0.25, 0.3) is 22.0 Å². The molecule has 35 heavy (non-hydrogen) atoms. The van der Waals surface area contributed by atoms with Crippen molar-refractivity contribution in [3.63, 3.8) is 0 Å². The summed E-state index contributed by atoms with van der Waals surface area (Å²) in [6.07, 6.45) is 4.46. The third kappa shape index (κ3) is 5.18. The molecule has 0 bridgehead atoms. The van der Waals surface area contributed by atoms with Crippen molar-refractivity contribution in [1.82, 2.24) is 9.88 Å². The van der Waals surface area contributed by atoms with E-state index in [1.807, 2.05) is 19.9 Å². The summed E-state index contributed by atoms with van der Waals surface area (Å²) in [6, 6.07) is 23.8. The molecule has 0 unspecified atom stereocenters. The molecule has 1 fully saturated rings. The number of carbonyl (C=O) groups is 1. The van der Waals surface area contributed by atoms with Gasteiger partial charge in [0.15, 0.2) is 0 Å². The molecule has 4 nitrogen and oxygen atoms in total. The number of fused-ring (bicyclic) bond motifs is 1. The topological polar surface area (TPSA) is 48.1 Å². The molecule has 1 amide bonds. The van der Waals surface area contributed by atoms with Gasteiger partial charge in [-0.15, -0.1) is 0 Å². The molecule has 180 valence electrons. The van der Waals surface area contributed by atoms with Gasteiger partial charge in [-0.1, -0.05) is 62.4 Å². The molecule has 2 heterocycles. The van der Waals surface area contributed by atoms with Gasteiger partial charge < -0.3 is 10.3 Å². The Kier molecular flexibility index (Phi) is 6.74. The summed E-state index contributed by atoms with van der Waals surface area (Å²) in [7, 11) is 0. The van der Waals surface area contributed by atoms with Gasteiger partial charge in [-0.25, -0.2) is 0 Å². The standard InChI is InChI=1S/C31H35N3O/c1-21(2)31(35)33-27-9-6-8-24(17-27)23-13-15-34(16-14-23)20-26-19-32-30-18-25(11-12-29(26)30)28-10-5-4-7-22(28)3/h4-12,17-19,21,23,32H,13-16,20H2,1-3H3,(H,33,35). The summed E-state index contributed by atoms with van der Waals surface area (Å²) in [5.74, 6) is 0.601. The molecular formula is C31H35N3O. The maximum Gasteiger partial charge on any atom is 0.226 e. The van der Waals surface area contributed by atoms with Crippen molar-refractivity contribution in [3.05, 3.63) is 89.6 Å². The van der Waals surface area contributed by atoms with Crippen molar-refractivity contribution >= 4 is 22.5 Å². The summed E-state index contributed by atoms with van der Waals surface area (Å²) < 4.78 is 0. The summed E-state index contributed by atoms with van der Waals surface area (Å²) in [4.78, 5) is 18.2. The van der Waals surface area contributed by atoms with Gasteiger partial charge in [0.2, 0.25) is 5.91 Å². The summed E-state index contributed by atoms with van der Waals surface area (Å²) >= 11 is 0. The van der Waals surface area contributed by atoms with Crippen molar-refractivity contribution in [2.24, 2.45) is 5.92 Å². The van der Waals surface area contributed by atoms with Crippen LogP contribution in [0.15, 0.2) is 72.9 Å². The van der Waals surface area contributed by atoms with Crippen molar-refractivity contribution in [3.8, 4) is 11.1 Å². The first-order valence-corrected chi connectivity index (χ1v) is 12.8. The number of aromatic nitrogens is 1. The average Bonchev–Trinajstić information content (AvgIpc) is 3.26. The molecule has 4 aromatic rings. The van der Waals surface area contributed by atoms with E-state index >= 15 is 0 Å². The van der Waals surface area contributed by atoms with E-state index in [0.717, 1.165) is 38.2 Å². The Bertz CT molecular complexity index is 1330. The molecule has 0 spiro atoms. The number of likely N-dealkylation sites (tertiary alicyclic amines) is 1. The fraction of sp³-hybridized carbons (Fsp3) is 0.323. The van der Waals surface area contributed by atoms with Crippen molar-refractivity contribution in [1.29, 1.82) is 0 Å². The molecule has 0 saturated carbocycles. The van der Waals surface area contributed by atoms with Crippen LogP contribution in [-0.4, -0.2) is 28.9 Å². The highest BCUT2D eigenvalue weighted by Crippen LogP contribution is 2.32. The molecule has 0 aliphatic carbocycles. The third-order valence-electron chi connectivity index (χ3n) is 7.35. The fourth-order valence-electron chi connectivity index (χ4n) is 5.20. The number of nitrogens with zero attached hydrogens (tertiary/aromatic N) is 1. The number of carbonyl (C=O) groups excluding carboxylic acids is 1. The number of aryl methyl sites for hydroxylation is 1. The first-order chi connectivity index (χ1) is 17.0. The second-order valence-corrected chi connectivity index (χ2v) is 10.2. The van der Waals surface area contributed by atoms with Crippen LogP contribution in [-0.2, 0) is 11.3 Å². The van der Waals surface area contributed by atoms with E-state index in [4.69, 9.17) is 0 Å². The molecule has 2 N–H and O–H groups in total. The van der Waals surface area contributed by atoms with Crippen LogP contribution >= 0.6 is 0 Å². The molecule has 0 atom stereocenters. The van der Waals surface area contributed by atoms with E-state index < -0.39 is 0 Å². The van der Waals surface area contributed by atoms with Gasteiger partial charge in [0, 0.05) is 35.2 Å². The first kappa shape index (κ1) is 23.4. The lowest BCUT2D eigenvalue weighted by Crippen LogP contribution is -2.32. The third-order valence-corrected chi connectivity index (χ3v) is 7.35. The highest BCUT2D eigenvalue weighted by atomic mass is 16.1. The number of anilines is 1. The Hall–Kier alpha value is -3.37. The SMILES string of the molecule is Cc1ccccc1-c1ccc2c(CN3CCC(c4cccc(NC(=O)C(C)C)c4)CC3)c[nH]c2c1. The average molecular weight is 466 g/mol.